The first-order chi connectivity index (χ1) is 10.8. The Kier molecular flexibility index (Phi) is 4.02. The van der Waals surface area contributed by atoms with Crippen LogP contribution < -0.4 is 16.0 Å². The molecule has 0 fully saturated rings. The summed E-state index contributed by atoms with van der Waals surface area (Å²) < 4.78 is 0. The summed E-state index contributed by atoms with van der Waals surface area (Å²) in [5.74, 6) is 0. The number of rotatable bonds is 4. The van der Waals surface area contributed by atoms with Crippen molar-refractivity contribution in [3.05, 3.63) is 66.2 Å². The molecule has 6 heteroatoms. The van der Waals surface area contributed by atoms with Gasteiger partial charge in [-0.25, -0.2) is 14.7 Å². The van der Waals surface area contributed by atoms with Gasteiger partial charge in [-0.15, -0.1) is 11.3 Å². The zero-order chi connectivity index (χ0) is 15.4. The molecule has 2 aromatic carbocycles. The molecule has 3 rings (SSSR count). The quantitative estimate of drug-likeness (QED) is 0.762. The molecule has 3 N–H and O–H groups in total. The summed E-state index contributed by atoms with van der Waals surface area (Å²) in [6.07, 6.45) is 1.64. The van der Waals surface area contributed by atoms with Crippen molar-refractivity contribution in [2.75, 3.05) is 10.2 Å². The summed E-state index contributed by atoms with van der Waals surface area (Å²) in [4.78, 5) is 17.5. The highest BCUT2D eigenvalue weighted by atomic mass is 32.1. The number of thiazole rings is 1. The van der Waals surface area contributed by atoms with Gasteiger partial charge in [0, 0.05) is 17.3 Å². The first kappa shape index (κ1) is 14.1. The van der Waals surface area contributed by atoms with Gasteiger partial charge in [-0.1, -0.05) is 30.3 Å². The third-order valence-electron chi connectivity index (χ3n) is 3.03. The molecule has 0 radical (unpaired) electrons. The molecule has 0 atom stereocenters. The van der Waals surface area contributed by atoms with Gasteiger partial charge in [0.05, 0.1) is 11.4 Å². The summed E-state index contributed by atoms with van der Waals surface area (Å²) in [6.45, 7) is 0. The molecule has 0 unspecified atom stereocenters. The highest BCUT2D eigenvalue weighted by Gasteiger charge is 2.20. The summed E-state index contributed by atoms with van der Waals surface area (Å²) in [7, 11) is 0. The third kappa shape index (κ3) is 2.91. The van der Waals surface area contributed by atoms with Crippen LogP contribution in [0.1, 0.15) is 0 Å². The highest BCUT2D eigenvalue weighted by Crippen LogP contribution is 2.34. The number of aromatic nitrogens is 1. The van der Waals surface area contributed by atoms with E-state index in [4.69, 9.17) is 5.73 Å². The number of amides is 2. The van der Waals surface area contributed by atoms with Crippen molar-refractivity contribution < 1.29 is 4.79 Å². The normalized spacial score (nSPS) is 10.2. The van der Waals surface area contributed by atoms with Gasteiger partial charge in [0.25, 0.3) is 0 Å². The van der Waals surface area contributed by atoms with Crippen molar-refractivity contribution in [2.24, 2.45) is 5.73 Å². The minimum absolute atomic E-state index is 0.537. The molecule has 3 aromatic rings. The third-order valence-corrected chi connectivity index (χ3v) is 3.79. The van der Waals surface area contributed by atoms with Gasteiger partial charge in [-0.3, -0.25) is 0 Å². The van der Waals surface area contributed by atoms with Gasteiger partial charge in [0.2, 0.25) is 0 Å². The zero-order valence-corrected chi connectivity index (χ0v) is 12.5. The van der Waals surface area contributed by atoms with E-state index in [0.29, 0.717) is 10.8 Å². The van der Waals surface area contributed by atoms with Crippen LogP contribution in [0.5, 0.6) is 0 Å². The lowest BCUT2D eigenvalue weighted by molar-refractivity contribution is 0.256. The van der Waals surface area contributed by atoms with Gasteiger partial charge in [-0.05, 0) is 24.3 Å². The molecule has 1 aromatic heterocycles. The van der Waals surface area contributed by atoms with E-state index in [2.05, 4.69) is 10.3 Å². The maximum absolute atomic E-state index is 11.9. The van der Waals surface area contributed by atoms with E-state index >= 15 is 0 Å². The van der Waals surface area contributed by atoms with Crippen molar-refractivity contribution >= 4 is 39.6 Å². The van der Waals surface area contributed by atoms with Gasteiger partial charge in [-0.2, -0.15) is 0 Å². The van der Waals surface area contributed by atoms with E-state index in [0.717, 1.165) is 11.4 Å². The van der Waals surface area contributed by atoms with Crippen LogP contribution in [0.4, 0.5) is 27.0 Å². The fourth-order valence-corrected chi connectivity index (χ4v) is 2.75. The number of carbonyl (C=O) groups is 1. The standard InChI is InChI=1S/C16H14N4OS/c17-15(21)20(16-18-10-11-22-16)14-9-5-4-8-13(14)19-12-6-2-1-3-7-12/h1-11,19H,(H2,17,21). The van der Waals surface area contributed by atoms with E-state index < -0.39 is 6.03 Å². The van der Waals surface area contributed by atoms with Gasteiger partial charge in [0.1, 0.15) is 0 Å². The molecule has 22 heavy (non-hydrogen) atoms. The first-order valence-corrected chi connectivity index (χ1v) is 7.54. The minimum atomic E-state index is -0.572. The maximum Gasteiger partial charge on any atom is 0.325 e. The summed E-state index contributed by atoms with van der Waals surface area (Å²) >= 11 is 1.36. The Morgan fingerprint density at radius 3 is 2.50 bits per heavy atom. The lowest BCUT2D eigenvalue weighted by Crippen LogP contribution is -2.31. The number of anilines is 4. The number of benzene rings is 2. The van der Waals surface area contributed by atoms with E-state index in [9.17, 15) is 4.79 Å². The number of nitrogens with two attached hydrogens (primary N) is 1. The lowest BCUT2D eigenvalue weighted by atomic mass is 10.2. The van der Waals surface area contributed by atoms with Crippen LogP contribution in [-0.4, -0.2) is 11.0 Å². The molecule has 2 amide bonds. The van der Waals surface area contributed by atoms with Crippen molar-refractivity contribution in [3.63, 3.8) is 0 Å². The van der Waals surface area contributed by atoms with Crippen LogP contribution >= 0.6 is 11.3 Å². The number of hydrogen-bond acceptors (Lipinski definition) is 4. The average Bonchev–Trinajstić information content (AvgIpc) is 3.04. The number of urea groups is 1. The predicted octanol–water partition coefficient (Wildman–Crippen LogP) is 4.10. The van der Waals surface area contributed by atoms with Crippen LogP contribution in [0, 0.1) is 0 Å². The molecule has 0 saturated carbocycles. The largest absolute Gasteiger partial charge is 0.354 e. The Bertz CT molecular complexity index is 759. The van der Waals surface area contributed by atoms with Crippen LogP contribution in [0.25, 0.3) is 0 Å². The number of nitrogens with zero attached hydrogens (tertiary/aromatic N) is 2. The SMILES string of the molecule is NC(=O)N(c1nccs1)c1ccccc1Nc1ccccc1. The van der Waals surface area contributed by atoms with Crippen LogP contribution in [0.2, 0.25) is 0 Å². The van der Waals surface area contributed by atoms with Gasteiger partial charge < -0.3 is 11.1 Å². The molecule has 0 aliphatic rings. The second-order valence-corrected chi connectivity index (χ2v) is 5.37. The second-order valence-electron chi connectivity index (χ2n) is 4.50. The van der Waals surface area contributed by atoms with Crippen molar-refractivity contribution in [3.8, 4) is 0 Å². The fraction of sp³-hybridized carbons (Fsp3) is 0. The molecule has 0 bridgehead atoms. The molecular formula is C16H14N4OS. The maximum atomic E-state index is 11.9. The smallest absolute Gasteiger partial charge is 0.325 e. The molecule has 0 spiro atoms. The Balaban J connectivity index is 2.01. The molecule has 5 nitrogen and oxygen atoms in total. The summed E-state index contributed by atoms with van der Waals surface area (Å²) in [5, 5.41) is 5.64. The number of nitrogens with one attached hydrogen (secondary N) is 1. The Morgan fingerprint density at radius 1 is 1.09 bits per heavy atom. The zero-order valence-electron chi connectivity index (χ0n) is 11.6. The van der Waals surface area contributed by atoms with E-state index in [1.807, 2.05) is 54.6 Å². The predicted molar refractivity (Wildman–Crippen MR) is 90.0 cm³/mol. The fourth-order valence-electron chi connectivity index (χ4n) is 2.09. The molecule has 0 aliphatic carbocycles. The van der Waals surface area contributed by atoms with Crippen LogP contribution in [-0.2, 0) is 0 Å². The topological polar surface area (TPSA) is 71.2 Å². The van der Waals surface area contributed by atoms with Crippen molar-refractivity contribution in [2.45, 2.75) is 0 Å². The van der Waals surface area contributed by atoms with E-state index in [1.165, 1.54) is 16.2 Å². The van der Waals surface area contributed by atoms with Gasteiger partial charge in [0.15, 0.2) is 5.13 Å². The molecular weight excluding hydrogens is 296 g/mol. The summed E-state index contributed by atoms with van der Waals surface area (Å²) in [5.41, 5.74) is 7.92. The van der Waals surface area contributed by atoms with E-state index in [1.54, 1.807) is 11.6 Å². The lowest BCUT2D eigenvalue weighted by Gasteiger charge is -2.21. The average molecular weight is 310 g/mol. The number of hydrogen-bond donors (Lipinski definition) is 2. The van der Waals surface area contributed by atoms with E-state index in [-0.39, 0.29) is 0 Å². The summed E-state index contributed by atoms with van der Waals surface area (Å²) in [6, 6.07) is 16.6. The molecule has 0 saturated heterocycles. The minimum Gasteiger partial charge on any atom is -0.354 e. The molecule has 1 heterocycles. The first-order valence-electron chi connectivity index (χ1n) is 6.66. The van der Waals surface area contributed by atoms with Crippen LogP contribution in [0.3, 0.4) is 0 Å². The number of carbonyl (C=O) groups excluding carboxylic acids is 1. The number of para-hydroxylation sites is 3. The Labute approximate surface area is 132 Å². The number of primary amides is 1. The van der Waals surface area contributed by atoms with Crippen molar-refractivity contribution in [1.82, 2.24) is 4.98 Å². The van der Waals surface area contributed by atoms with Crippen LogP contribution in [0.15, 0.2) is 66.2 Å². The van der Waals surface area contributed by atoms with Gasteiger partial charge >= 0.3 is 6.03 Å². The Morgan fingerprint density at radius 2 is 1.82 bits per heavy atom. The highest BCUT2D eigenvalue weighted by molar-refractivity contribution is 7.13. The monoisotopic (exact) mass is 310 g/mol. The van der Waals surface area contributed by atoms with Crippen molar-refractivity contribution in [1.29, 1.82) is 0 Å². The molecule has 0 aliphatic heterocycles. The second kappa shape index (κ2) is 6.28. The molecule has 110 valence electrons. The Hall–Kier alpha value is -2.86.